The SMILES string of the molecule is Cc1ccnc(NC(=O)[C@H]2CC(=O)N(c3ccccc3)C2)c1. The molecule has 22 heavy (non-hydrogen) atoms. The number of rotatable bonds is 3. The first-order chi connectivity index (χ1) is 10.6. The van der Waals surface area contributed by atoms with E-state index in [0.29, 0.717) is 12.4 Å². The van der Waals surface area contributed by atoms with Crippen LogP contribution in [-0.4, -0.2) is 23.3 Å². The van der Waals surface area contributed by atoms with Gasteiger partial charge in [0.05, 0.1) is 5.92 Å². The minimum Gasteiger partial charge on any atom is -0.312 e. The molecule has 0 aliphatic carbocycles. The van der Waals surface area contributed by atoms with Crippen LogP contribution in [0, 0.1) is 12.8 Å². The van der Waals surface area contributed by atoms with E-state index in [2.05, 4.69) is 10.3 Å². The predicted octanol–water partition coefficient (Wildman–Crippen LogP) is 2.38. The van der Waals surface area contributed by atoms with E-state index in [1.54, 1.807) is 11.1 Å². The summed E-state index contributed by atoms with van der Waals surface area (Å²) in [6.07, 6.45) is 1.88. The molecule has 1 aromatic heterocycles. The Morgan fingerprint density at radius 1 is 1.27 bits per heavy atom. The van der Waals surface area contributed by atoms with Crippen molar-refractivity contribution in [3.63, 3.8) is 0 Å². The highest BCUT2D eigenvalue weighted by Crippen LogP contribution is 2.25. The zero-order valence-electron chi connectivity index (χ0n) is 12.3. The van der Waals surface area contributed by atoms with Crippen molar-refractivity contribution in [3.05, 3.63) is 54.2 Å². The third-order valence-electron chi connectivity index (χ3n) is 3.73. The van der Waals surface area contributed by atoms with Gasteiger partial charge in [-0.3, -0.25) is 9.59 Å². The van der Waals surface area contributed by atoms with Crippen molar-refractivity contribution < 1.29 is 9.59 Å². The summed E-state index contributed by atoms with van der Waals surface area (Å²) in [5.41, 5.74) is 1.86. The molecule has 1 aliphatic heterocycles. The lowest BCUT2D eigenvalue weighted by atomic mass is 10.1. The molecular weight excluding hydrogens is 278 g/mol. The Hall–Kier alpha value is -2.69. The molecule has 2 amide bonds. The zero-order valence-corrected chi connectivity index (χ0v) is 12.3. The summed E-state index contributed by atoms with van der Waals surface area (Å²) in [7, 11) is 0. The van der Waals surface area contributed by atoms with E-state index in [0.717, 1.165) is 11.3 Å². The van der Waals surface area contributed by atoms with Gasteiger partial charge in [-0.1, -0.05) is 18.2 Å². The summed E-state index contributed by atoms with van der Waals surface area (Å²) in [4.78, 5) is 30.2. The van der Waals surface area contributed by atoms with Crippen molar-refractivity contribution in [1.82, 2.24) is 4.98 Å². The maximum absolute atomic E-state index is 12.3. The molecule has 3 rings (SSSR count). The fourth-order valence-electron chi connectivity index (χ4n) is 2.57. The van der Waals surface area contributed by atoms with Gasteiger partial charge in [0.25, 0.3) is 0 Å². The van der Waals surface area contributed by atoms with Gasteiger partial charge in [-0.15, -0.1) is 0 Å². The molecule has 5 heteroatoms. The maximum Gasteiger partial charge on any atom is 0.230 e. The number of nitrogens with one attached hydrogen (secondary N) is 1. The van der Waals surface area contributed by atoms with Gasteiger partial charge >= 0.3 is 0 Å². The van der Waals surface area contributed by atoms with Gasteiger partial charge in [0.15, 0.2) is 0 Å². The minimum absolute atomic E-state index is 0.0245. The van der Waals surface area contributed by atoms with Crippen molar-refractivity contribution in [2.75, 3.05) is 16.8 Å². The molecule has 1 N–H and O–H groups in total. The standard InChI is InChI=1S/C17H17N3O2/c1-12-7-8-18-15(9-12)19-17(22)13-10-16(21)20(11-13)14-5-3-2-4-6-14/h2-9,13H,10-11H2,1H3,(H,18,19,22)/t13-/m0/s1. The van der Waals surface area contributed by atoms with Gasteiger partial charge in [-0.2, -0.15) is 0 Å². The van der Waals surface area contributed by atoms with Crippen LogP contribution in [0.15, 0.2) is 48.7 Å². The van der Waals surface area contributed by atoms with Crippen LogP contribution in [0.5, 0.6) is 0 Å². The van der Waals surface area contributed by atoms with E-state index in [1.165, 1.54) is 0 Å². The second-order valence-corrected chi connectivity index (χ2v) is 5.45. The number of nitrogens with zero attached hydrogens (tertiary/aromatic N) is 2. The number of pyridine rings is 1. The average Bonchev–Trinajstić information content (AvgIpc) is 2.90. The Balaban J connectivity index is 1.69. The summed E-state index contributed by atoms with van der Waals surface area (Å²) < 4.78 is 0. The van der Waals surface area contributed by atoms with Crippen LogP contribution < -0.4 is 10.2 Å². The van der Waals surface area contributed by atoms with Gasteiger partial charge in [-0.25, -0.2) is 4.98 Å². The molecule has 0 bridgehead atoms. The molecule has 1 atom stereocenters. The summed E-state index contributed by atoms with van der Waals surface area (Å²) in [5.74, 6) is -0.0148. The van der Waals surface area contributed by atoms with Gasteiger partial charge < -0.3 is 10.2 Å². The van der Waals surface area contributed by atoms with E-state index in [-0.39, 0.29) is 24.2 Å². The molecule has 1 saturated heterocycles. The van der Waals surface area contributed by atoms with E-state index >= 15 is 0 Å². The van der Waals surface area contributed by atoms with Crippen LogP contribution in [0.3, 0.4) is 0 Å². The second-order valence-electron chi connectivity index (χ2n) is 5.45. The topological polar surface area (TPSA) is 62.3 Å². The van der Waals surface area contributed by atoms with Crippen LogP contribution >= 0.6 is 0 Å². The molecule has 2 heterocycles. The molecule has 1 fully saturated rings. The third kappa shape index (κ3) is 2.98. The highest BCUT2D eigenvalue weighted by Gasteiger charge is 2.35. The largest absolute Gasteiger partial charge is 0.312 e. The molecule has 2 aromatic rings. The number of carbonyl (C=O) groups excluding carboxylic acids is 2. The first-order valence-electron chi connectivity index (χ1n) is 7.22. The smallest absolute Gasteiger partial charge is 0.230 e. The number of amides is 2. The molecule has 1 aromatic carbocycles. The summed E-state index contributed by atoms with van der Waals surface area (Å²) in [6.45, 7) is 2.34. The van der Waals surface area contributed by atoms with Crippen molar-refractivity contribution in [2.45, 2.75) is 13.3 Å². The lowest BCUT2D eigenvalue weighted by Gasteiger charge is -2.16. The van der Waals surface area contributed by atoms with Crippen molar-refractivity contribution in [1.29, 1.82) is 0 Å². The minimum atomic E-state index is -0.352. The number of carbonyl (C=O) groups is 2. The van der Waals surface area contributed by atoms with Gasteiger partial charge in [0.1, 0.15) is 5.82 Å². The average molecular weight is 295 g/mol. The normalized spacial score (nSPS) is 17.6. The number of para-hydroxylation sites is 1. The lowest BCUT2D eigenvalue weighted by Crippen LogP contribution is -2.28. The Morgan fingerprint density at radius 2 is 2.05 bits per heavy atom. The summed E-state index contributed by atoms with van der Waals surface area (Å²) in [5, 5.41) is 2.79. The predicted molar refractivity (Wildman–Crippen MR) is 84.5 cm³/mol. The van der Waals surface area contributed by atoms with Crippen molar-refractivity contribution in [2.24, 2.45) is 5.92 Å². The van der Waals surface area contributed by atoms with E-state index in [4.69, 9.17) is 0 Å². The number of hydrogen-bond donors (Lipinski definition) is 1. The first-order valence-corrected chi connectivity index (χ1v) is 7.22. The molecule has 112 valence electrons. The summed E-state index contributed by atoms with van der Waals surface area (Å²) in [6, 6.07) is 13.1. The fraction of sp³-hybridized carbons (Fsp3) is 0.235. The number of benzene rings is 1. The van der Waals surface area contributed by atoms with Crippen molar-refractivity contribution in [3.8, 4) is 0 Å². The lowest BCUT2D eigenvalue weighted by molar-refractivity contribution is -0.122. The van der Waals surface area contributed by atoms with Gasteiger partial charge in [-0.05, 0) is 36.8 Å². The van der Waals surface area contributed by atoms with E-state index in [1.807, 2.05) is 49.4 Å². The van der Waals surface area contributed by atoms with E-state index in [9.17, 15) is 9.59 Å². The number of anilines is 2. The van der Waals surface area contributed by atoms with E-state index < -0.39 is 0 Å². The Morgan fingerprint density at radius 3 is 2.77 bits per heavy atom. The molecular formula is C17H17N3O2. The van der Waals surface area contributed by atoms with Crippen LogP contribution in [0.4, 0.5) is 11.5 Å². The number of hydrogen-bond acceptors (Lipinski definition) is 3. The molecule has 1 aliphatic rings. The van der Waals surface area contributed by atoms with Crippen molar-refractivity contribution >= 4 is 23.3 Å². The number of aryl methyl sites for hydroxylation is 1. The Labute approximate surface area is 129 Å². The van der Waals surface area contributed by atoms with Crippen LogP contribution in [-0.2, 0) is 9.59 Å². The molecule has 0 unspecified atom stereocenters. The maximum atomic E-state index is 12.3. The van der Waals surface area contributed by atoms with Crippen LogP contribution in [0.2, 0.25) is 0 Å². The second kappa shape index (κ2) is 5.97. The zero-order chi connectivity index (χ0) is 15.5. The number of aromatic nitrogens is 1. The highest BCUT2D eigenvalue weighted by molar-refractivity contribution is 6.03. The van der Waals surface area contributed by atoms with Crippen LogP contribution in [0.1, 0.15) is 12.0 Å². The fourth-order valence-corrected chi connectivity index (χ4v) is 2.57. The quantitative estimate of drug-likeness (QED) is 0.945. The summed E-state index contributed by atoms with van der Waals surface area (Å²) >= 11 is 0. The molecule has 0 spiro atoms. The van der Waals surface area contributed by atoms with Crippen LogP contribution in [0.25, 0.3) is 0 Å². The van der Waals surface area contributed by atoms with Gasteiger partial charge in [0, 0.05) is 24.8 Å². The highest BCUT2D eigenvalue weighted by atomic mass is 16.2. The third-order valence-corrected chi connectivity index (χ3v) is 3.73. The molecule has 5 nitrogen and oxygen atoms in total. The monoisotopic (exact) mass is 295 g/mol. The molecule has 0 saturated carbocycles. The Kier molecular flexibility index (Phi) is 3.87. The Bertz CT molecular complexity index is 700. The first kappa shape index (κ1) is 14.3. The molecule has 0 radical (unpaired) electrons. The van der Waals surface area contributed by atoms with Gasteiger partial charge in [0.2, 0.25) is 11.8 Å².